The number of allylic oxidation sites excluding steroid dienone is 2. The Morgan fingerprint density at radius 2 is 0.943 bits per heavy atom. The number of methoxy groups -OCH3 is 4. The Bertz CT molecular complexity index is 2130. The van der Waals surface area contributed by atoms with Crippen LogP contribution in [0.15, 0.2) is 118 Å². The van der Waals surface area contributed by atoms with E-state index in [4.69, 9.17) is 28.4 Å². The van der Waals surface area contributed by atoms with E-state index in [1.807, 2.05) is 126 Å². The van der Waals surface area contributed by atoms with Crippen LogP contribution in [0.1, 0.15) is 55.1 Å². The Morgan fingerprint density at radius 1 is 0.585 bits per heavy atom. The predicted molar refractivity (Wildman–Crippen MR) is 206 cm³/mol. The monoisotopic (exact) mass is 752 g/mol. The van der Waals surface area contributed by atoms with E-state index < -0.39 is 54.6 Å². The lowest BCUT2D eigenvalue weighted by atomic mass is 9.70. The van der Waals surface area contributed by atoms with Crippen LogP contribution in [0.3, 0.4) is 0 Å². The van der Waals surface area contributed by atoms with Gasteiger partial charge in [0.1, 0.15) is 10.9 Å². The first kappa shape index (κ1) is 37.7. The summed E-state index contributed by atoms with van der Waals surface area (Å²) in [5.41, 5.74) is -0.634. The zero-order valence-corrected chi connectivity index (χ0v) is 33.0. The lowest BCUT2D eigenvalue weighted by Gasteiger charge is -2.45. The van der Waals surface area contributed by atoms with E-state index >= 15 is 0 Å². The zero-order chi connectivity index (χ0) is 38.5. The lowest BCUT2D eigenvalue weighted by Crippen LogP contribution is -2.42. The molecule has 2 aliphatic rings. The van der Waals surface area contributed by atoms with Gasteiger partial charge in [0.25, 0.3) is 0 Å². The van der Waals surface area contributed by atoms with Crippen LogP contribution in [0, 0.1) is 10.8 Å². The molecule has 1 aromatic heterocycles. The van der Waals surface area contributed by atoms with Crippen molar-refractivity contribution in [1.29, 1.82) is 0 Å². The molecule has 0 saturated carbocycles. The minimum absolute atomic E-state index is 0.0156. The van der Waals surface area contributed by atoms with Crippen LogP contribution >= 0.6 is 14.7 Å². The molecule has 0 amide bonds. The topological polar surface area (TPSA) is 130 Å². The number of fused-ring (bicyclic) bond motifs is 2. The van der Waals surface area contributed by atoms with Gasteiger partial charge < -0.3 is 18.9 Å². The van der Waals surface area contributed by atoms with E-state index in [1.165, 1.54) is 28.4 Å². The van der Waals surface area contributed by atoms with E-state index in [9.17, 15) is 19.2 Å². The van der Waals surface area contributed by atoms with Gasteiger partial charge in [0.05, 0.1) is 51.8 Å². The van der Waals surface area contributed by atoms with Gasteiger partial charge >= 0.3 is 23.9 Å². The highest BCUT2D eigenvalue weighted by molar-refractivity contribution is 7.87. The second kappa shape index (κ2) is 13.7. The summed E-state index contributed by atoms with van der Waals surface area (Å²) in [6.07, 6.45) is 0. The van der Waals surface area contributed by atoms with Gasteiger partial charge in [-0.15, -0.1) is 0 Å². The van der Waals surface area contributed by atoms with Crippen LogP contribution < -0.4 is 15.9 Å². The number of benzene rings is 3. The van der Waals surface area contributed by atoms with Crippen molar-refractivity contribution in [2.24, 2.45) is 15.6 Å². The van der Waals surface area contributed by atoms with Crippen molar-refractivity contribution in [2.45, 2.75) is 39.8 Å². The highest BCUT2D eigenvalue weighted by Crippen LogP contribution is 2.82. The summed E-state index contributed by atoms with van der Waals surface area (Å²) in [7, 11) is -0.209. The molecule has 53 heavy (non-hydrogen) atoms. The number of carbonyl (C=O) groups excluding carboxylic acids is 4. The maximum Gasteiger partial charge on any atom is 0.344 e. The normalized spacial score (nSPS) is 22.4. The van der Waals surface area contributed by atoms with Crippen molar-refractivity contribution in [2.75, 3.05) is 28.4 Å². The first-order valence-corrected chi connectivity index (χ1v) is 20.0. The molecule has 10 nitrogen and oxygen atoms in total. The van der Waals surface area contributed by atoms with Crippen LogP contribution in [0.25, 0.3) is 0 Å². The molecule has 0 spiro atoms. The molecular weight excluding hydrogens is 710 g/mol. The summed E-state index contributed by atoms with van der Waals surface area (Å²) in [6.45, 7) is 9.48. The number of ether oxygens (including phenoxy) is 4. The highest BCUT2D eigenvalue weighted by Gasteiger charge is 2.76. The van der Waals surface area contributed by atoms with Crippen molar-refractivity contribution in [1.82, 2.24) is 4.75 Å². The minimum atomic E-state index is -3.03. The highest BCUT2D eigenvalue weighted by atomic mass is 31.2. The van der Waals surface area contributed by atoms with Gasteiger partial charge in [-0.1, -0.05) is 116 Å². The summed E-state index contributed by atoms with van der Waals surface area (Å²) in [6, 6.07) is 29.5. The van der Waals surface area contributed by atoms with E-state index in [-0.39, 0.29) is 27.8 Å². The largest absolute Gasteiger partial charge is 0.466 e. The van der Waals surface area contributed by atoms with Gasteiger partial charge in [-0.2, -0.15) is 0 Å². The fourth-order valence-electron chi connectivity index (χ4n) is 8.65. The third kappa shape index (κ3) is 4.99. The van der Waals surface area contributed by atoms with Gasteiger partial charge in [0, 0.05) is 26.7 Å². The number of carbonyl (C=O) groups is 4. The van der Waals surface area contributed by atoms with Crippen molar-refractivity contribution >= 4 is 60.4 Å². The third-order valence-corrected chi connectivity index (χ3v) is 18.3. The van der Waals surface area contributed by atoms with Crippen LogP contribution in [0.2, 0.25) is 0 Å². The van der Waals surface area contributed by atoms with Crippen molar-refractivity contribution < 1.29 is 38.1 Å². The number of hydrogen-bond donors (Lipinski definition) is 0. The summed E-state index contributed by atoms with van der Waals surface area (Å²) in [5.74, 6) is -2.97. The van der Waals surface area contributed by atoms with Crippen molar-refractivity contribution in [3.63, 3.8) is 0 Å². The van der Waals surface area contributed by atoms with Crippen molar-refractivity contribution in [3.05, 3.63) is 124 Å². The molecule has 4 atom stereocenters. The van der Waals surface area contributed by atoms with Crippen LogP contribution in [-0.4, -0.2) is 57.1 Å². The molecule has 0 fully saturated rings. The molecule has 0 radical (unpaired) electrons. The Hall–Kier alpha value is -5.04. The molecule has 274 valence electrons. The van der Waals surface area contributed by atoms with Crippen LogP contribution in [0.5, 0.6) is 0 Å². The maximum atomic E-state index is 14.2. The number of nitrogens with zero attached hydrogens (tertiary/aromatic N) is 2. The summed E-state index contributed by atoms with van der Waals surface area (Å²) in [4.78, 5) is 56.0. The Balaban J connectivity index is 1.84. The van der Waals surface area contributed by atoms with Crippen LogP contribution in [-0.2, 0) is 33.7 Å². The molecular formula is C41H42N2O8P2. The van der Waals surface area contributed by atoms with Gasteiger partial charge in [-0.25, -0.2) is 28.7 Å². The van der Waals surface area contributed by atoms with E-state index in [0.29, 0.717) is 0 Å². The van der Waals surface area contributed by atoms with Gasteiger partial charge in [-0.05, 0) is 28.5 Å². The van der Waals surface area contributed by atoms with Gasteiger partial charge in [-0.3, -0.25) is 0 Å². The fourth-order valence-corrected chi connectivity index (χ4v) is 15.4. The third-order valence-electron chi connectivity index (χ3n) is 11.7. The minimum Gasteiger partial charge on any atom is -0.466 e. The molecule has 3 aromatic carbocycles. The molecule has 6 rings (SSSR count). The van der Waals surface area contributed by atoms with E-state index in [1.54, 1.807) is 0 Å². The average Bonchev–Trinajstić information content (AvgIpc) is 3.69. The predicted octanol–water partition coefficient (Wildman–Crippen LogP) is 7.18. The van der Waals surface area contributed by atoms with E-state index in [2.05, 4.69) is 0 Å². The smallest absolute Gasteiger partial charge is 0.344 e. The number of rotatable bonds is 9. The first-order valence-electron chi connectivity index (χ1n) is 17.0. The molecule has 2 bridgehead atoms. The lowest BCUT2D eigenvalue weighted by molar-refractivity contribution is -0.140. The Kier molecular flexibility index (Phi) is 9.78. The van der Waals surface area contributed by atoms with Crippen molar-refractivity contribution in [3.8, 4) is 0 Å². The SMILES string of the molecule is COC(=O)C1=C(C(=O)OC)[C@@]2(C)C(C)=C(C)[C@]1(C)C2(C)p1nc(N=P(c2ccccc2)(c2ccccc2)c2ccccc2)c(C(=O)OC)c1C(=O)OC. The van der Waals surface area contributed by atoms with E-state index in [0.717, 1.165) is 27.1 Å². The molecule has 2 unspecified atom stereocenters. The number of hydrogen-bond acceptors (Lipinski definition) is 10. The Labute approximate surface area is 310 Å². The Morgan fingerprint density at radius 3 is 1.28 bits per heavy atom. The standard InChI is InChI=1S/C41H42N2O8P2/c1-25-26(2)40(4)32(37(46)50-8)31(36(45)49-7)39(25,3)41(40,5)52-33(38(47)51-9)30(35(44)48-6)34(42-52)43-53(27-19-13-10-14-20-27,28-21-15-11-16-22-28)29-23-17-12-18-24-29/h10-24H,1-9H3/t39-,40+,41?,52?. The van der Waals surface area contributed by atoms with Gasteiger partial charge in [0.2, 0.25) is 0 Å². The summed E-state index contributed by atoms with van der Waals surface area (Å²) in [5, 5.41) is 1.44. The second-order valence-corrected chi connectivity index (χ2v) is 18.7. The number of aromatic nitrogens is 1. The zero-order valence-electron chi connectivity index (χ0n) is 31.2. The maximum absolute atomic E-state index is 14.2. The molecule has 0 saturated heterocycles. The number of esters is 4. The summed E-state index contributed by atoms with van der Waals surface area (Å²) < 4.78 is 32.4. The molecule has 2 aliphatic carbocycles. The average molecular weight is 753 g/mol. The molecule has 4 aromatic rings. The molecule has 0 N–H and O–H groups in total. The quantitative estimate of drug-likeness (QED) is 0.0755. The van der Waals surface area contributed by atoms with Gasteiger partial charge in [0.15, 0.2) is 5.82 Å². The molecule has 0 aliphatic heterocycles. The fraction of sp³-hybridized carbons (Fsp3) is 0.293. The second-order valence-electron chi connectivity index (χ2n) is 13.5. The first-order chi connectivity index (χ1) is 25.3. The van der Waals surface area contributed by atoms with Crippen LogP contribution in [0.4, 0.5) is 5.82 Å². The summed E-state index contributed by atoms with van der Waals surface area (Å²) >= 11 is 0. The molecule has 1 heterocycles. The molecule has 12 heteroatoms.